The Morgan fingerprint density at radius 3 is 2.71 bits per heavy atom. The Hall–Kier alpha value is -1.40. The summed E-state index contributed by atoms with van der Waals surface area (Å²) in [6, 6.07) is 3.77. The fourth-order valence-corrected chi connectivity index (χ4v) is 3.67. The maximum atomic E-state index is 12.1. The molecule has 0 aromatic heterocycles. The van der Waals surface area contributed by atoms with Crippen LogP contribution in [0, 0.1) is 0 Å². The molecule has 0 saturated heterocycles. The molecule has 0 N–H and O–H groups in total. The lowest BCUT2D eigenvalue weighted by Gasteiger charge is -2.34. The molecule has 21 heavy (non-hydrogen) atoms. The summed E-state index contributed by atoms with van der Waals surface area (Å²) in [6.45, 7) is 6.22. The molecule has 2 heterocycles. The van der Waals surface area contributed by atoms with Gasteiger partial charge in [0, 0.05) is 17.9 Å². The predicted octanol–water partition coefficient (Wildman–Crippen LogP) is 2.27. The quantitative estimate of drug-likeness (QED) is 0.630. The summed E-state index contributed by atoms with van der Waals surface area (Å²) in [7, 11) is 0. The summed E-state index contributed by atoms with van der Waals surface area (Å²) < 4.78 is 18.5. The lowest BCUT2D eigenvalue weighted by Crippen LogP contribution is -2.42. The molecule has 0 saturated carbocycles. The second-order valence-electron chi connectivity index (χ2n) is 4.90. The number of likely N-dealkylation sites (N-methyl/N-ethyl adjacent to an activating group) is 1. The predicted molar refractivity (Wildman–Crippen MR) is 79.8 cm³/mol. The van der Waals surface area contributed by atoms with Crippen LogP contribution < -0.4 is 9.47 Å². The molecular formula is C15H19NO4S. The van der Waals surface area contributed by atoms with E-state index in [1.807, 2.05) is 26.0 Å². The van der Waals surface area contributed by atoms with E-state index in [0.29, 0.717) is 26.2 Å². The zero-order valence-corrected chi connectivity index (χ0v) is 13.1. The molecule has 0 amide bonds. The Morgan fingerprint density at radius 2 is 2.05 bits per heavy atom. The smallest absolute Gasteiger partial charge is 0.324 e. The first kappa shape index (κ1) is 14.5. The van der Waals surface area contributed by atoms with Gasteiger partial charge in [-0.1, -0.05) is 6.92 Å². The molecule has 0 aliphatic carbocycles. The Balaban J connectivity index is 1.89. The van der Waals surface area contributed by atoms with Crippen LogP contribution in [0.5, 0.6) is 11.5 Å². The molecule has 0 radical (unpaired) electrons. The van der Waals surface area contributed by atoms with E-state index in [1.165, 1.54) is 0 Å². The highest BCUT2D eigenvalue weighted by Gasteiger charge is 2.33. The minimum atomic E-state index is -0.241. The average molecular weight is 309 g/mol. The Morgan fingerprint density at radius 1 is 1.33 bits per heavy atom. The van der Waals surface area contributed by atoms with Crippen molar-refractivity contribution < 1.29 is 19.0 Å². The van der Waals surface area contributed by atoms with Gasteiger partial charge in [0.15, 0.2) is 11.5 Å². The monoisotopic (exact) mass is 309 g/mol. The van der Waals surface area contributed by atoms with Gasteiger partial charge in [-0.3, -0.25) is 4.79 Å². The molecule has 6 heteroatoms. The van der Waals surface area contributed by atoms with Gasteiger partial charge < -0.3 is 14.2 Å². The van der Waals surface area contributed by atoms with Crippen LogP contribution in [0.15, 0.2) is 17.0 Å². The highest BCUT2D eigenvalue weighted by atomic mass is 32.2. The van der Waals surface area contributed by atoms with Crippen molar-refractivity contribution >= 4 is 17.9 Å². The molecule has 1 aromatic rings. The second-order valence-corrected chi connectivity index (χ2v) is 5.99. The third-order valence-electron chi connectivity index (χ3n) is 3.57. The van der Waals surface area contributed by atoms with Crippen LogP contribution in [0.3, 0.4) is 0 Å². The number of hydrogen-bond acceptors (Lipinski definition) is 6. The lowest BCUT2D eigenvalue weighted by atomic mass is 10.0. The zero-order valence-electron chi connectivity index (χ0n) is 12.3. The summed E-state index contributed by atoms with van der Waals surface area (Å²) in [4.78, 5) is 13.3. The van der Waals surface area contributed by atoms with E-state index >= 15 is 0 Å². The third kappa shape index (κ3) is 2.82. The van der Waals surface area contributed by atoms with Gasteiger partial charge in [-0.2, -0.15) is 0 Å². The number of fused-ring (bicyclic) bond motifs is 2. The molecule has 2 aliphatic rings. The van der Waals surface area contributed by atoms with Crippen LogP contribution >= 0.6 is 11.9 Å². The molecule has 3 rings (SSSR count). The van der Waals surface area contributed by atoms with E-state index < -0.39 is 0 Å². The van der Waals surface area contributed by atoms with Crippen molar-refractivity contribution in [2.75, 3.05) is 26.4 Å². The standard InChI is InChI=1S/C15H19NO4S/c1-3-16-11(15(17)18-4-2)7-10-8-12-13(9-14(10)21-16)20-6-5-19-12/h8-9,11H,3-7H2,1-2H3. The number of carbonyl (C=O) groups is 1. The molecule has 0 spiro atoms. The molecule has 0 bridgehead atoms. The highest BCUT2D eigenvalue weighted by Crippen LogP contribution is 2.42. The molecule has 1 unspecified atom stereocenters. The molecule has 1 atom stereocenters. The van der Waals surface area contributed by atoms with Gasteiger partial charge in [0.2, 0.25) is 0 Å². The second kappa shape index (κ2) is 6.15. The highest BCUT2D eigenvalue weighted by molar-refractivity contribution is 7.97. The van der Waals surface area contributed by atoms with Gasteiger partial charge >= 0.3 is 5.97 Å². The van der Waals surface area contributed by atoms with Gasteiger partial charge in [-0.05, 0) is 36.6 Å². The van der Waals surface area contributed by atoms with Crippen LogP contribution in [0.2, 0.25) is 0 Å². The van der Waals surface area contributed by atoms with Gasteiger partial charge in [0.1, 0.15) is 19.3 Å². The van der Waals surface area contributed by atoms with Crippen molar-refractivity contribution in [1.82, 2.24) is 4.31 Å². The van der Waals surface area contributed by atoms with Crippen molar-refractivity contribution in [3.8, 4) is 11.5 Å². The first-order valence-corrected chi connectivity index (χ1v) is 8.04. The van der Waals surface area contributed by atoms with Gasteiger partial charge in [-0.15, -0.1) is 0 Å². The molecule has 0 fully saturated rings. The molecule has 114 valence electrons. The Kier molecular flexibility index (Phi) is 4.26. The zero-order chi connectivity index (χ0) is 14.8. The summed E-state index contributed by atoms with van der Waals surface area (Å²) >= 11 is 1.59. The first-order valence-electron chi connectivity index (χ1n) is 7.26. The fourth-order valence-electron chi connectivity index (χ4n) is 2.58. The van der Waals surface area contributed by atoms with Gasteiger partial charge in [0.25, 0.3) is 0 Å². The van der Waals surface area contributed by atoms with Crippen LogP contribution in [0.4, 0.5) is 0 Å². The van der Waals surface area contributed by atoms with Crippen LogP contribution in [-0.4, -0.2) is 42.7 Å². The number of ether oxygens (including phenoxy) is 3. The Bertz CT molecular complexity index is 549. The molecule has 1 aromatic carbocycles. The number of esters is 1. The van der Waals surface area contributed by atoms with Crippen molar-refractivity contribution in [2.24, 2.45) is 0 Å². The number of hydrogen-bond donors (Lipinski definition) is 0. The van der Waals surface area contributed by atoms with Crippen molar-refractivity contribution in [2.45, 2.75) is 31.2 Å². The van der Waals surface area contributed by atoms with Crippen LogP contribution in [-0.2, 0) is 16.0 Å². The van der Waals surface area contributed by atoms with Gasteiger partial charge in [-0.25, -0.2) is 4.31 Å². The maximum Gasteiger partial charge on any atom is 0.324 e. The average Bonchev–Trinajstić information content (AvgIpc) is 2.51. The van der Waals surface area contributed by atoms with E-state index in [4.69, 9.17) is 14.2 Å². The van der Waals surface area contributed by atoms with Crippen molar-refractivity contribution in [1.29, 1.82) is 0 Å². The van der Waals surface area contributed by atoms with E-state index in [0.717, 1.165) is 28.5 Å². The van der Waals surface area contributed by atoms with E-state index in [9.17, 15) is 4.79 Å². The van der Waals surface area contributed by atoms with E-state index in [2.05, 4.69) is 4.31 Å². The van der Waals surface area contributed by atoms with Crippen LogP contribution in [0.25, 0.3) is 0 Å². The summed E-state index contributed by atoms with van der Waals surface area (Å²) in [5.74, 6) is 1.40. The summed E-state index contributed by atoms with van der Waals surface area (Å²) in [6.07, 6.45) is 0.644. The number of benzene rings is 1. The van der Waals surface area contributed by atoms with Crippen molar-refractivity contribution in [3.05, 3.63) is 17.7 Å². The van der Waals surface area contributed by atoms with Crippen molar-refractivity contribution in [3.63, 3.8) is 0 Å². The lowest BCUT2D eigenvalue weighted by molar-refractivity contribution is -0.147. The first-order chi connectivity index (χ1) is 10.2. The normalized spacial score (nSPS) is 20.8. The Labute approximate surface area is 128 Å². The largest absolute Gasteiger partial charge is 0.486 e. The summed E-state index contributed by atoms with van der Waals surface area (Å²) in [5, 5.41) is 0. The number of rotatable bonds is 3. The minimum Gasteiger partial charge on any atom is -0.486 e. The topological polar surface area (TPSA) is 48.0 Å². The minimum absolute atomic E-state index is 0.160. The molecular weight excluding hydrogens is 290 g/mol. The van der Waals surface area contributed by atoms with E-state index in [1.54, 1.807) is 11.9 Å². The SMILES string of the molecule is CCOC(=O)C1Cc2cc3c(cc2SN1CC)OCCO3. The van der Waals surface area contributed by atoms with E-state index in [-0.39, 0.29) is 12.0 Å². The van der Waals surface area contributed by atoms with Crippen LogP contribution in [0.1, 0.15) is 19.4 Å². The summed E-state index contributed by atoms with van der Waals surface area (Å²) in [5.41, 5.74) is 1.12. The number of nitrogens with zero attached hydrogens (tertiary/aromatic N) is 1. The third-order valence-corrected chi connectivity index (χ3v) is 4.90. The molecule has 5 nitrogen and oxygen atoms in total. The van der Waals surface area contributed by atoms with Gasteiger partial charge in [0.05, 0.1) is 6.61 Å². The fraction of sp³-hybridized carbons (Fsp3) is 0.533. The number of carbonyl (C=O) groups excluding carboxylic acids is 1. The maximum absolute atomic E-state index is 12.1. The molecule has 2 aliphatic heterocycles.